The quantitative estimate of drug-likeness (QED) is 0.617. The molecule has 0 N–H and O–H groups in total. The van der Waals surface area contributed by atoms with Crippen LogP contribution in [0.1, 0.15) is 36.8 Å². The first-order chi connectivity index (χ1) is 14.2. The second-order valence-corrected chi connectivity index (χ2v) is 7.50. The van der Waals surface area contributed by atoms with Gasteiger partial charge < -0.3 is 4.90 Å². The van der Waals surface area contributed by atoms with Crippen molar-refractivity contribution < 1.29 is 9.18 Å². The maximum Gasteiger partial charge on any atom is 0.227 e. The molecule has 3 aromatic rings. The molecule has 0 unspecified atom stereocenters. The van der Waals surface area contributed by atoms with Gasteiger partial charge in [0.25, 0.3) is 0 Å². The Labute approximate surface area is 169 Å². The largest absolute Gasteiger partial charge is 0.339 e. The number of carbonyl (C=O) groups excluding carboxylic acids is 1. The van der Waals surface area contributed by atoms with E-state index in [1.54, 1.807) is 16.8 Å². The summed E-state index contributed by atoms with van der Waals surface area (Å²) < 4.78 is 14.7. The van der Waals surface area contributed by atoms with E-state index in [9.17, 15) is 9.18 Å². The lowest BCUT2D eigenvalue weighted by molar-refractivity contribution is -0.132. The summed E-state index contributed by atoms with van der Waals surface area (Å²) in [6.07, 6.45) is 7.12. The molecule has 7 heteroatoms. The fourth-order valence-corrected chi connectivity index (χ4v) is 3.95. The van der Waals surface area contributed by atoms with Crippen LogP contribution in [0.15, 0.2) is 54.9 Å². The molecule has 29 heavy (non-hydrogen) atoms. The lowest BCUT2D eigenvalue weighted by Crippen LogP contribution is -2.41. The van der Waals surface area contributed by atoms with Crippen LogP contribution in [0, 0.1) is 5.82 Å². The molecule has 0 aliphatic heterocycles. The van der Waals surface area contributed by atoms with Gasteiger partial charge in [-0.2, -0.15) is 0 Å². The van der Waals surface area contributed by atoms with E-state index >= 15 is 0 Å². The molecular weight excluding hydrogens is 369 g/mol. The van der Waals surface area contributed by atoms with E-state index in [2.05, 4.69) is 15.5 Å². The van der Waals surface area contributed by atoms with Crippen LogP contribution < -0.4 is 0 Å². The number of hydrogen-bond donors (Lipinski definition) is 0. The summed E-state index contributed by atoms with van der Waals surface area (Å²) in [6, 6.07) is 14.6. The summed E-state index contributed by atoms with van der Waals surface area (Å²) in [5.74, 6) is -0.0863. The van der Waals surface area contributed by atoms with Crippen LogP contribution in [-0.4, -0.2) is 43.6 Å². The molecule has 0 atom stereocenters. The number of tetrazole rings is 1. The third-order valence-electron chi connectivity index (χ3n) is 5.55. The van der Waals surface area contributed by atoms with Gasteiger partial charge in [-0.3, -0.25) is 4.79 Å². The van der Waals surface area contributed by atoms with Gasteiger partial charge in [-0.25, -0.2) is 9.07 Å². The Morgan fingerprint density at radius 3 is 2.38 bits per heavy atom. The molecule has 1 amide bonds. The molecule has 1 fully saturated rings. The zero-order valence-corrected chi connectivity index (χ0v) is 16.2. The Balaban J connectivity index is 1.42. The fraction of sp³-hybridized carbons (Fsp3) is 0.364. The number of carbonyl (C=O) groups is 1. The average Bonchev–Trinajstić information content (AvgIpc) is 3.45. The molecule has 0 radical (unpaired) electrons. The molecule has 2 aromatic carbocycles. The number of benzene rings is 2. The Bertz CT molecular complexity index is 919. The molecule has 1 saturated carbocycles. The highest BCUT2D eigenvalue weighted by molar-refractivity contribution is 5.79. The normalized spacial score (nSPS) is 14.2. The van der Waals surface area contributed by atoms with E-state index in [1.807, 2.05) is 29.2 Å². The number of rotatable bonds is 7. The Kier molecular flexibility index (Phi) is 5.93. The van der Waals surface area contributed by atoms with Gasteiger partial charge in [0.05, 0.1) is 12.1 Å². The highest BCUT2D eigenvalue weighted by Gasteiger charge is 2.26. The van der Waals surface area contributed by atoms with Gasteiger partial charge in [-0.15, -0.1) is 5.10 Å². The Morgan fingerprint density at radius 1 is 1.03 bits per heavy atom. The SMILES string of the molecule is O=C(Cc1ccc(-n2cnnn2)cc1)N(CCc1ccc(F)cc1)C1CCCC1. The summed E-state index contributed by atoms with van der Waals surface area (Å²) in [7, 11) is 0. The van der Waals surface area contributed by atoms with Crippen molar-refractivity contribution in [2.24, 2.45) is 0 Å². The van der Waals surface area contributed by atoms with Crippen molar-refractivity contribution in [3.8, 4) is 5.69 Å². The molecule has 0 spiro atoms. The van der Waals surface area contributed by atoms with Crippen LogP contribution in [0.2, 0.25) is 0 Å². The molecular formula is C22H24FN5O. The van der Waals surface area contributed by atoms with E-state index in [0.29, 0.717) is 19.0 Å². The minimum Gasteiger partial charge on any atom is -0.339 e. The van der Waals surface area contributed by atoms with E-state index in [0.717, 1.165) is 36.1 Å². The lowest BCUT2D eigenvalue weighted by Gasteiger charge is -2.29. The van der Waals surface area contributed by atoms with Crippen LogP contribution in [0.4, 0.5) is 4.39 Å². The van der Waals surface area contributed by atoms with Gasteiger partial charge in [0.15, 0.2) is 0 Å². The third-order valence-corrected chi connectivity index (χ3v) is 5.55. The van der Waals surface area contributed by atoms with Crippen molar-refractivity contribution in [3.05, 3.63) is 71.8 Å². The molecule has 1 aliphatic carbocycles. The monoisotopic (exact) mass is 393 g/mol. The molecule has 1 aromatic heterocycles. The van der Waals surface area contributed by atoms with Crippen molar-refractivity contribution in [2.75, 3.05) is 6.54 Å². The summed E-state index contributed by atoms with van der Waals surface area (Å²) in [5, 5.41) is 11.1. The Morgan fingerprint density at radius 2 is 1.72 bits per heavy atom. The molecule has 1 heterocycles. The predicted molar refractivity (Wildman–Crippen MR) is 107 cm³/mol. The minimum absolute atomic E-state index is 0.147. The number of nitrogens with zero attached hydrogens (tertiary/aromatic N) is 5. The number of halogens is 1. The van der Waals surface area contributed by atoms with Crippen LogP contribution in [0.3, 0.4) is 0 Å². The van der Waals surface area contributed by atoms with Gasteiger partial charge in [-0.05, 0) is 65.1 Å². The Hall–Kier alpha value is -3.09. The van der Waals surface area contributed by atoms with E-state index in [4.69, 9.17) is 0 Å². The maximum absolute atomic E-state index is 13.1. The van der Waals surface area contributed by atoms with Crippen molar-refractivity contribution in [1.82, 2.24) is 25.1 Å². The molecule has 6 nitrogen and oxygen atoms in total. The first-order valence-electron chi connectivity index (χ1n) is 10.1. The standard InChI is InChI=1S/C22H24FN5O/c23-19-9-5-17(6-10-19)13-14-27(20-3-1-2-4-20)22(29)15-18-7-11-21(12-8-18)28-16-24-25-26-28/h5-12,16,20H,1-4,13-15H2. The predicted octanol–water partition coefficient (Wildman–Crippen LogP) is 3.36. The topological polar surface area (TPSA) is 63.9 Å². The minimum atomic E-state index is -0.234. The van der Waals surface area contributed by atoms with Crippen LogP contribution in [0.25, 0.3) is 5.69 Å². The van der Waals surface area contributed by atoms with Gasteiger partial charge in [0, 0.05) is 12.6 Å². The highest BCUT2D eigenvalue weighted by atomic mass is 19.1. The van der Waals surface area contributed by atoms with E-state index in [-0.39, 0.29) is 11.7 Å². The average molecular weight is 393 g/mol. The number of hydrogen-bond acceptors (Lipinski definition) is 4. The first-order valence-corrected chi connectivity index (χ1v) is 10.1. The van der Waals surface area contributed by atoms with Crippen molar-refractivity contribution in [2.45, 2.75) is 44.6 Å². The maximum atomic E-state index is 13.1. The highest BCUT2D eigenvalue weighted by Crippen LogP contribution is 2.25. The second kappa shape index (κ2) is 8.94. The smallest absolute Gasteiger partial charge is 0.227 e. The van der Waals surface area contributed by atoms with Crippen molar-refractivity contribution in [1.29, 1.82) is 0 Å². The van der Waals surface area contributed by atoms with Gasteiger partial charge >= 0.3 is 0 Å². The summed E-state index contributed by atoms with van der Waals surface area (Å²) in [5.41, 5.74) is 2.87. The lowest BCUT2D eigenvalue weighted by atomic mass is 10.1. The summed E-state index contributed by atoms with van der Waals surface area (Å²) in [6.45, 7) is 0.665. The van der Waals surface area contributed by atoms with Crippen LogP contribution in [-0.2, 0) is 17.6 Å². The van der Waals surface area contributed by atoms with Gasteiger partial charge in [0.1, 0.15) is 12.1 Å². The van der Waals surface area contributed by atoms with Crippen LogP contribution >= 0.6 is 0 Å². The first kappa shape index (κ1) is 19.2. The van der Waals surface area contributed by atoms with Crippen LogP contribution in [0.5, 0.6) is 0 Å². The number of aromatic nitrogens is 4. The summed E-state index contributed by atoms with van der Waals surface area (Å²) in [4.78, 5) is 15.2. The van der Waals surface area contributed by atoms with E-state index < -0.39 is 0 Å². The van der Waals surface area contributed by atoms with Crippen molar-refractivity contribution in [3.63, 3.8) is 0 Å². The van der Waals surface area contributed by atoms with Crippen molar-refractivity contribution >= 4 is 5.91 Å². The molecule has 0 bridgehead atoms. The molecule has 4 rings (SSSR count). The summed E-state index contributed by atoms with van der Waals surface area (Å²) >= 11 is 0. The van der Waals surface area contributed by atoms with E-state index in [1.165, 1.54) is 31.3 Å². The van der Waals surface area contributed by atoms with Gasteiger partial charge in [0.2, 0.25) is 5.91 Å². The molecule has 0 saturated heterocycles. The molecule has 1 aliphatic rings. The fourth-order valence-electron chi connectivity index (χ4n) is 3.95. The third kappa shape index (κ3) is 4.85. The zero-order valence-electron chi connectivity index (χ0n) is 16.2. The molecule has 150 valence electrons. The van der Waals surface area contributed by atoms with Gasteiger partial charge in [-0.1, -0.05) is 37.1 Å². The second-order valence-electron chi connectivity index (χ2n) is 7.50. The number of amides is 1. The zero-order chi connectivity index (χ0) is 20.1.